The van der Waals surface area contributed by atoms with Crippen LogP contribution < -0.4 is 5.73 Å². The molecular weight excluding hydrogens is 290 g/mol. The molecule has 1 unspecified atom stereocenters. The third kappa shape index (κ3) is 3.35. The van der Waals surface area contributed by atoms with Crippen LogP contribution in [0, 0.1) is 5.41 Å². The van der Waals surface area contributed by atoms with Crippen LogP contribution in [-0.4, -0.2) is 10.7 Å². The maximum atomic E-state index is 11.2. The molecule has 0 heterocycles. The first kappa shape index (κ1) is 15.2. The maximum Gasteiger partial charge on any atom is 0.217 e. The molecule has 0 saturated carbocycles. The molecule has 3 heteroatoms. The van der Waals surface area contributed by atoms with Crippen molar-refractivity contribution < 1.29 is 4.79 Å². The molecule has 1 rings (SSSR count). The first-order valence-corrected chi connectivity index (χ1v) is 7.07. The van der Waals surface area contributed by atoms with Crippen molar-refractivity contribution in [1.29, 1.82) is 0 Å². The van der Waals surface area contributed by atoms with Gasteiger partial charge in [-0.3, -0.25) is 4.79 Å². The van der Waals surface area contributed by atoms with Gasteiger partial charge >= 0.3 is 0 Å². The number of halogens is 1. The Morgan fingerprint density at radius 2 is 1.72 bits per heavy atom. The Kier molecular flexibility index (Phi) is 4.60. The summed E-state index contributed by atoms with van der Waals surface area (Å²) in [6, 6.07) is 10.3. The highest BCUT2D eigenvalue weighted by Crippen LogP contribution is 2.43. The van der Waals surface area contributed by atoms with E-state index < -0.39 is 0 Å². The Morgan fingerprint density at radius 1 is 1.22 bits per heavy atom. The minimum absolute atomic E-state index is 0.0692. The minimum Gasteiger partial charge on any atom is -0.370 e. The molecule has 0 radical (unpaired) electrons. The highest BCUT2D eigenvalue weighted by atomic mass is 79.9. The number of alkyl halides is 1. The molecule has 0 aliphatic rings. The van der Waals surface area contributed by atoms with E-state index in [-0.39, 0.29) is 21.6 Å². The number of hydrogen-bond donors (Lipinski definition) is 1. The number of carbonyl (C=O) groups is 1. The van der Waals surface area contributed by atoms with Crippen LogP contribution in [0.4, 0.5) is 0 Å². The second-order valence-corrected chi connectivity index (χ2v) is 7.00. The van der Waals surface area contributed by atoms with Gasteiger partial charge in [0.2, 0.25) is 5.91 Å². The predicted molar refractivity (Wildman–Crippen MR) is 79.8 cm³/mol. The van der Waals surface area contributed by atoms with Gasteiger partial charge in [-0.1, -0.05) is 74.0 Å². The van der Waals surface area contributed by atoms with Gasteiger partial charge in [0, 0.05) is 16.7 Å². The summed E-state index contributed by atoms with van der Waals surface area (Å²) in [4.78, 5) is 11.3. The SMILES string of the molecule is CC(C)(CC(N)=O)C(Br)C(C)(C)c1ccccc1. The summed E-state index contributed by atoms with van der Waals surface area (Å²) in [6.45, 7) is 8.51. The third-order valence-corrected chi connectivity index (χ3v) is 5.85. The first-order chi connectivity index (χ1) is 8.18. The van der Waals surface area contributed by atoms with Crippen LogP contribution in [0.2, 0.25) is 0 Å². The van der Waals surface area contributed by atoms with E-state index >= 15 is 0 Å². The number of nitrogens with two attached hydrogens (primary N) is 1. The van der Waals surface area contributed by atoms with Crippen LogP contribution in [0.1, 0.15) is 39.7 Å². The zero-order valence-electron chi connectivity index (χ0n) is 11.5. The van der Waals surface area contributed by atoms with E-state index in [1.807, 2.05) is 18.2 Å². The smallest absolute Gasteiger partial charge is 0.217 e. The minimum atomic E-state index is -0.256. The van der Waals surface area contributed by atoms with Crippen molar-refractivity contribution in [1.82, 2.24) is 0 Å². The zero-order valence-corrected chi connectivity index (χ0v) is 13.1. The van der Waals surface area contributed by atoms with E-state index in [1.54, 1.807) is 0 Å². The van der Waals surface area contributed by atoms with Crippen molar-refractivity contribution in [2.45, 2.75) is 44.4 Å². The second-order valence-electron chi connectivity index (χ2n) is 6.08. The molecule has 0 spiro atoms. The van der Waals surface area contributed by atoms with E-state index in [0.717, 1.165) is 0 Å². The van der Waals surface area contributed by atoms with Gasteiger partial charge in [-0.25, -0.2) is 0 Å². The molecule has 0 aliphatic heterocycles. The number of hydrogen-bond acceptors (Lipinski definition) is 1. The van der Waals surface area contributed by atoms with Gasteiger partial charge in [-0.05, 0) is 11.0 Å². The first-order valence-electron chi connectivity index (χ1n) is 6.16. The Morgan fingerprint density at radius 3 is 2.17 bits per heavy atom. The van der Waals surface area contributed by atoms with Gasteiger partial charge in [-0.2, -0.15) is 0 Å². The summed E-state index contributed by atoms with van der Waals surface area (Å²) in [5.74, 6) is -0.256. The largest absolute Gasteiger partial charge is 0.370 e. The van der Waals surface area contributed by atoms with Crippen LogP contribution in [0.3, 0.4) is 0 Å². The average Bonchev–Trinajstić information content (AvgIpc) is 2.27. The molecule has 100 valence electrons. The highest BCUT2D eigenvalue weighted by Gasteiger charge is 2.40. The molecule has 0 saturated heterocycles. The van der Waals surface area contributed by atoms with E-state index in [4.69, 9.17) is 5.73 Å². The lowest BCUT2D eigenvalue weighted by Gasteiger charge is -2.41. The number of benzene rings is 1. The molecule has 1 amide bonds. The summed E-state index contributed by atoms with van der Waals surface area (Å²) >= 11 is 3.78. The standard InChI is InChI=1S/C15H22BrNO/c1-14(2,10-12(17)18)13(16)15(3,4)11-8-6-5-7-9-11/h5-9,13H,10H2,1-4H3,(H2,17,18). The molecule has 0 aromatic heterocycles. The molecule has 2 N–H and O–H groups in total. The summed E-state index contributed by atoms with van der Waals surface area (Å²) in [6.07, 6.45) is 0.374. The molecule has 0 aliphatic carbocycles. The monoisotopic (exact) mass is 311 g/mol. The van der Waals surface area contributed by atoms with Crippen molar-refractivity contribution in [3.63, 3.8) is 0 Å². The number of rotatable bonds is 5. The third-order valence-electron chi connectivity index (χ3n) is 3.47. The van der Waals surface area contributed by atoms with Crippen LogP contribution in [0.15, 0.2) is 30.3 Å². The van der Waals surface area contributed by atoms with E-state index in [2.05, 4.69) is 55.8 Å². The van der Waals surface area contributed by atoms with Gasteiger partial charge in [0.15, 0.2) is 0 Å². The highest BCUT2D eigenvalue weighted by molar-refractivity contribution is 9.09. The average molecular weight is 312 g/mol. The van der Waals surface area contributed by atoms with Crippen LogP contribution in [-0.2, 0) is 10.2 Å². The molecule has 18 heavy (non-hydrogen) atoms. The van der Waals surface area contributed by atoms with Crippen LogP contribution >= 0.6 is 15.9 Å². The molecule has 1 aromatic rings. The summed E-state index contributed by atoms with van der Waals surface area (Å²) in [5.41, 5.74) is 6.33. The Balaban J connectivity index is 3.01. The normalized spacial score (nSPS) is 14.3. The topological polar surface area (TPSA) is 43.1 Å². The van der Waals surface area contributed by atoms with E-state index in [9.17, 15) is 4.79 Å². The fraction of sp³-hybridized carbons (Fsp3) is 0.533. The number of amides is 1. The van der Waals surface area contributed by atoms with Crippen molar-refractivity contribution in [2.75, 3.05) is 0 Å². The van der Waals surface area contributed by atoms with Crippen molar-refractivity contribution in [3.05, 3.63) is 35.9 Å². The fourth-order valence-corrected chi connectivity index (χ4v) is 2.96. The molecule has 2 nitrogen and oxygen atoms in total. The van der Waals surface area contributed by atoms with Gasteiger partial charge in [0.05, 0.1) is 0 Å². The van der Waals surface area contributed by atoms with Crippen LogP contribution in [0.5, 0.6) is 0 Å². The van der Waals surface area contributed by atoms with Gasteiger partial charge in [0.25, 0.3) is 0 Å². The molecule has 0 bridgehead atoms. The number of primary amides is 1. The lowest BCUT2D eigenvalue weighted by Crippen LogP contribution is -2.42. The quantitative estimate of drug-likeness (QED) is 0.829. The molecular formula is C15H22BrNO. The maximum absolute atomic E-state index is 11.2. The fourth-order valence-electron chi connectivity index (χ4n) is 2.53. The lowest BCUT2D eigenvalue weighted by atomic mass is 9.70. The Bertz CT molecular complexity index is 412. The Hall–Kier alpha value is -0.830. The summed E-state index contributed by atoms with van der Waals surface area (Å²) in [5, 5.41) is 0. The van der Waals surface area contributed by atoms with Crippen LogP contribution in [0.25, 0.3) is 0 Å². The summed E-state index contributed by atoms with van der Waals surface area (Å²) < 4.78 is 0. The second kappa shape index (κ2) is 5.43. The van der Waals surface area contributed by atoms with Gasteiger partial charge in [0.1, 0.15) is 0 Å². The molecule has 1 atom stereocenters. The van der Waals surface area contributed by atoms with Crippen molar-refractivity contribution in [3.8, 4) is 0 Å². The molecule has 1 aromatic carbocycles. The summed E-state index contributed by atoms with van der Waals surface area (Å²) in [7, 11) is 0. The Labute approximate surface area is 118 Å². The zero-order chi connectivity index (χ0) is 14.0. The van der Waals surface area contributed by atoms with Gasteiger partial charge < -0.3 is 5.73 Å². The van der Waals surface area contributed by atoms with E-state index in [1.165, 1.54) is 5.56 Å². The van der Waals surface area contributed by atoms with E-state index in [0.29, 0.717) is 6.42 Å². The van der Waals surface area contributed by atoms with Crippen molar-refractivity contribution >= 4 is 21.8 Å². The van der Waals surface area contributed by atoms with Gasteiger partial charge in [-0.15, -0.1) is 0 Å². The number of carbonyl (C=O) groups excluding carboxylic acids is 1. The van der Waals surface area contributed by atoms with Crippen molar-refractivity contribution in [2.24, 2.45) is 11.1 Å². The molecule has 0 fully saturated rings. The lowest BCUT2D eigenvalue weighted by molar-refractivity contribution is -0.120. The predicted octanol–water partition coefficient (Wildman–Crippen LogP) is 3.63.